The number of likely N-dealkylation sites (tertiary alicyclic amines) is 1. The van der Waals surface area contributed by atoms with Gasteiger partial charge in [-0.1, -0.05) is 6.92 Å². The molecule has 1 rings (SSSR count). The molecule has 0 bridgehead atoms. The highest BCUT2D eigenvalue weighted by Gasteiger charge is 2.36. The second-order valence-corrected chi connectivity index (χ2v) is 3.88. The van der Waals surface area contributed by atoms with Crippen molar-refractivity contribution in [2.24, 2.45) is 0 Å². The molecule has 0 N–H and O–H groups in total. The first-order chi connectivity index (χ1) is 7.57. The highest BCUT2D eigenvalue weighted by molar-refractivity contribution is 6.35. The Morgan fingerprint density at radius 2 is 2.06 bits per heavy atom. The maximum atomic E-state index is 11.6. The van der Waals surface area contributed by atoms with Crippen molar-refractivity contribution in [3.05, 3.63) is 0 Å². The van der Waals surface area contributed by atoms with Crippen LogP contribution >= 0.6 is 0 Å². The quantitative estimate of drug-likeness (QED) is 0.519. The van der Waals surface area contributed by atoms with E-state index in [1.54, 1.807) is 0 Å². The second-order valence-electron chi connectivity index (χ2n) is 3.88. The van der Waals surface area contributed by atoms with E-state index in [2.05, 4.69) is 0 Å². The minimum atomic E-state index is -0.587. The number of amides is 1. The Labute approximate surface area is 94.7 Å². The Kier molecular flexibility index (Phi) is 4.46. The summed E-state index contributed by atoms with van der Waals surface area (Å²) in [5.74, 6) is -1.51. The number of ketones is 1. The Balaban J connectivity index is 2.61. The van der Waals surface area contributed by atoms with Gasteiger partial charge in [-0.25, -0.2) is 4.79 Å². The summed E-state index contributed by atoms with van der Waals surface area (Å²) < 4.78 is 4.99. The van der Waals surface area contributed by atoms with Crippen molar-refractivity contribution in [2.45, 2.75) is 39.2 Å². The first-order valence-corrected chi connectivity index (χ1v) is 5.56. The van der Waals surface area contributed by atoms with Crippen molar-refractivity contribution in [3.8, 4) is 0 Å². The molecule has 0 saturated carbocycles. The van der Waals surface area contributed by atoms with Crippen molar-refractivity contribution in [1.29, 1.82) is 0 Å². The molecule has 1 amide bonds. The molecule has 0 aromatic carbocycles. The summed E-state index contributed by atoms with van der Waals surface area (Å²) in [6.07, 6.45) is 2.07. The van der Waals surface area contributed by atoms with Gasteiger partial charge in [0.2, 0.25) is 5.78 Å². The molecule has 0 aromatic rings. The van der Waals surface area contributed by atoms with E-state index in [4.69, 9.17) is 4.74 Å². The number of carbonyl (C=O) groups is 3. The maximum Gasteiger partial charge on any atom is 0.328 e. The Bertz CT molecular complexity index is 300. The number of esters is 1. The number of nitrogens with zero attached hydrogens (tertiary/aromatic N) is 1. The van der Waals surface area contributed by atoms with Gasteiger partial charge in [-0.2, -0.15) is 0 Å². The van der Waals surface area contributed by atoms with E-state index in [0.717, 1.165) is 12.8 Å². The monoisotopic (exact) mass is 227 g/mol. The summed E-state index contributed by atoms with van der Waals surface area (Å²) in [4.78, 5) is 35.4. The van der Waals surface area contributed by atoms with Crippen LogP contribution in [0.5, 0.6) is 0 Å². The van der Waals surface area contributed by atoms with Crippen LogP contribution < -0.4 is 0 Å². The van der Waals surface area contributed by atoms with Crippen LogP contribution in [0.3, 0.4) is 0 Å². The minimum absolute atomic E-state index is 0.359. The van der Waals surface area contributed by atoms with Crippen LogP contribution in [0.25, 0.3) is 0 Å². The van der Waals surface area contributed by atoms with Gasteiger partial charge in [0, 0.05) is 13.5 Å². The number of rotatable bonds is 4. The summed E-state index contributed by atoms with van der Waals surface area (Å²) in [5, 5.41) is 0. The molecule has 1 fully saturated rings. The molecular formula is C11H17NO4. The van der Waals surface area contributed by atoms with Gasteiger partial charge in [-0.05, 0) is 19.3 Å². The Morgan fingerprint density at radius 3 is 2.62 bits per heavy atom. The summed E-state index contributed by atoms with van der Waals surface area (Å²) in [5.41, 5.74) is 0. The van der Waals surface area contributed by atoms with Gasteiger partial charge in [0.05, 0.1) is 6.61 Å². The van der Waals surface area contributed by atoms with E-state index in [0.29, 0.717) is 19.6 Å². The second kappa shape index (κ2) is 5.63. The number of hydrogen-bond acceptors (Lipinski definition) is 4. The fraction of sp³-hybridized carbons (Fsp3) is 0.727. The van der Waals surface area contributed by atoms with Crippen LogP contribution in [0.1, 0.15) is 33.1 Å². The van der Waals surface area contributed by atoms with Gasteiger partial charge in [0.25, 0.3) is 5.91 Å². The molecular weight excluding hydrogens is 210 g/mol. The van der Waals surface area contributed by atoms with Crippen molar-refractivity contribution >= 4 is 17.7 Å². The summed E-state index contributed by atoms with van der Waals surface area (Å²) in [6, 6.07) is -0.567. The number of carbonyl (C=O) groups excluding carboxylic acids is 3. The Morgan fingerprint density at radius 1 is 1.38 bits per heavy atom. The van der Waals surface area contributed by atoms with E-state index in [9.17, 15) is 14.4 Å². The fourth-order valence-corrected chi connectivity index (χ4v) is 1.76. The van der Waals surface area contributed by atoms with Crippen LogP contribution in [-0.2, 0) is 19.1 Å². The smallest absolute Gasteiger partial charge is 0.328 e. The van der Waals surface area contributed by atoms with Crippen LogP contribution in [0.15, 0.2) is 0 Å². The van der Waals surface area contributed by atoms with E-state index in [-0.39, 0.29) is 0 Å². The molecule has 0 aliphatic carbocycles. The lowest BCUT2D eigenvalue weighted by molar-refractivity contribution is -0.155. The van der Waals surface area contributed by atoms with Crippen molar-refractivity contribution in [1.82, 2.24) is 4.90 Å². The third-order valence-electron chi connectivity index (χ3n) is 2.54. The molecule has 1 aliphatic heterocycles. The van der Waals surface area contributed by atoms with Crippen LogP contribution in [-0.4, -0.2) is 41.8 Å². The van der Waals surface area contributed by atoms with E-state index in [1.807, 2.05) is 6.92 Å². The van der Waals surface area contributed by atoms with Gasteiger partial charge in [0.15, 0.2) is 0 Å². The van der Waals surface area contributed by atoms with Gasteiger partial charge in [-0.3, -0.25) is 9.59 Å². The molecule has 0 radical (unpaired) electrons. The van der Waals surface area contributed by atoms with Crippen LogP contribution in [0, 0.1) is 0 Å². The molecule has 5 heteroatoms. The van der Waals surface area contributed by atoms with Crippen LogP contribution in [0.4, 0.5) is 0 Å². The SMILES string of the molecule is CCCOC(=O)C1CCCN1C(=O)C(C)=O. The highest BCUT2D eigenvalue weighted by Crippen LogP contribution is 2.18. The van der Waals surface area contributed by atoms with Crippen molar-refractivity contribution in [3.63, 3.8) is 0 Å². The summed E-state index contributed by atoms with van der Waals surface area (Å²) >= 11 is 0. The van der Waals surface area contributed by atoms with E-state index < -0.39 is 23.7 Å². The van der Waals surface area contributed by atoms with Crippen molar-refractivity contribution < 1.29 is 19.1 Å². The average molecular weight is 227 g/mol. The first-order valence-electron chi connectivity index (χ1n) is 5.56. The lowest BCUT2D eigenvalue weighted by atomic mass is 10.2. The van der Waals surface area contributed by atoms with E-state index >= 15 is 0 Å². The van der Waals surface area contributed by atoms with Gasteiger partial charge in [-0.15, -0.1) is 0 Å². The van der Waals surface area contributed by atoms with Gasteiger partial charge >= 0.3 is 5.97 Å². The van der Waals surface area contributed by atoms with Gasteiger partial charge < -0.3 is 9.64 Å². The standard InChI is InChI=1S/C11H17NO4/c1-3-7-16-11(15)9-5-4-6-12(9)10(14)8(2)13/h9H,3-7H2,1-2H3. The van der Waals surface area contributed by atoms with Gasteiger partial charge in [0.1, 0.15) is 6.04 Å². The number of Topliss-reactive ketones (excluding diaryl/α,β-unsaturated/α-hetero) is 1. The Hall–Kier alpha value is -1.39. The summed E-state index contributed by atoms with van der Waals surface area (Å²) in [7, 11) is 0. The predicted molar refractivity (Wildman–Crippen MR) is 56.7 cm³/mol. The maximum absolute atomic E-state index is 11.6. The predicted octanol–water partition coefficient (Wildman–Crippen LogP) is 0.520. The zero-order valence-corrected chi connectivity index (χ0v) is 9.69. The largest absolute Gasteiger partial charge is 0.464 e. The lowest BCUT2D eigenvalue weighted by Gasteiger charge is -2.21. The fourth-order valence-electron chi connectivity index (χ4n) is 1.76. The topological polar surface area (TPSA) is 63.7 Å². The average Bonchev–Trinajstić information content (AvgIpc) is 2.73. The molecule has 1 unspecified atom stereocenters. The zero-order chi connectivity index (χ0) is 12.1. The highest BCUT2D eigenvalue weighted by atomic mass is 16.5. The van der Waals surface area contributed by atoms with Crippen molar-refractivity contribution in [2.75, 3.05) is 13.2 Å². The molecule has 1 heterocycles. The van der Waals surface area contributed by atoms with E-state index in [1.165, 1.54) is 11.8 Å². The lowest BCUT2D eigenvalue weighted by Crippen LogP contribution is -2.44. The third-order valence-corrected chi connectivity index (χ3v) is 2.54. The normalized spacial score (nSPS) is 19.6. The summed E-state index contributed by atoms with van der Waals surface area (Å²) in [6.45, 7) is 3.94. The first kappa shape index (κ1) is 12.7. The molecule has 0 aromatic heterocycles. The molecule has 5 nitrogen and oxygen atoms in total. The zero-order valence-electron chi connectivity index (χ0n) is 9.69. The molecule has 1 aliphatic rings. The molecule has 1 saturated heterocycles. The van der Waals surface area contributed by atoms with Crippen LogP contribution in [0.2, 0.25) is 0 Å². The third kappa shape index (κ3) is 2.81. The molecule has 16 heavy (non-hydrogen) atoms. The number of hydrogen-bond donors (Lipinski definition) is 0. The molecule has 90 valence electrons. The minimum Gasteiger partial charge on any atom is -0.464 e. The molecule has 0 spiro atoms. The number of ether oxygens (including phenoxy) is 1. The molecule has 1 atom stereocenters.